The number of nitrogens with one attached hydrogen (secondary N) is 1. The first-order chi connectivity index (χ1) is 20.1. The normalized spacial score (nSPS) is 14.2. The van der Waals surface area contributed by atoms with Crippen LogP contribution < -0.4 is 10.1 Å². The van der Waals surface area contributed by atoms with Crippen LogP contribution in [0.3, 0.4) is 0 Å². The van der Waals surface area contributed by atoms with E-state index in [1.165, 1.54) is 30.5 Å². The van der Waals surface area contributed by atoms with Crippen LogP contribution in [-0.4, -0.2) is 56.7 Å². The Morgan fingerprint density at radius 3 is 2.42 bits per heavy atom. The third-order valence-electron chi connectivity index (χ3n) is 6.57. The monoisotopic (exact) mass is 613 g/mol. The number of halogens is 6. The van der Waals surface area contributed by atoms with Gasteiger partial charge in [0.05, 0.1) is 30.6 Å². The van der Waals surface area contributed by atoms with Crippen LogP contribution in [0.1, 0.15) is 44.3 Å². The first-order valence-corrected chi connectivity index (χ1v) is 13.1. The Hall–Kier alpha value is -4.30. The summed E-state index contributed by atoms with van der Waals surface area (Å²) in [7, 11) is 1.34. The molecule has 0 spiro atoms. The summed E-state index contributed by atoms with van der Waals surface area (Å²) in [5.41, 5.74) is -1.01. The summed E-state index contributed by atoms with van der Waals surface area (Å²) in [6.07, 6.45) is -3.88. The van der Waals surface area contributed by atoms with Gasteiger partial charge in [-0.3, -0.25) is 9.78 Å². The lowest BCUT2D eigenvalue weighted by Gasteiger charge is -2.31. The number of imidazole rings is 1. The van der Waals surface area contributed by atoms with E-state index in [0.29, 0.717) is 12.1 Å². The third-order valence-corrected chi connectivity index (χ3v) is 6.57. The van der Waals surface area contributed by atoms with E-state index >= 15 is 0 Å². The number of hydrogen-bond acceptors (Lipinski definition) is 6. The van der Waals surface area contributed by atoms with Crippen molar-refractivity contribution in [2.24, 2.45) is 0 Å². The van der Waals surface area contributed by atoms with Crippen LogP contribution >= 0.6 is 0 Å². The minimum absolute atomic E-state index is 0.0675. The minimum atomic E-state index is -4.79. The Balaban J connectivity index is 1.63. The summed E-state index contributed by atoms with van der Waals surface area (Å²) >= 11 is 0. The predicted molar refractivity (Wildman–Crippen MR) is 140 cm³/mol. The van der Waals surface area contributed by atoms with Gasteiger partial charge in [0.1, 0.15) is 17.2 Å². The maximum Gasteiger partial charge on any atom is 0.449 e. The van der Waals surface area contributed by atoms with Gasteiger partial charge in [0.25, 0.3) is 0 Å². The number of methoxy groups -OCH3 is 1. The topological polar surface area (TPSA) is 98.6 Å². The van der Waals surface area contributed by atoms with E-state index in [9.17, 15) is 35.9 Å². The minimum Gasteiger partial charge on any atom is -0.496 e. The van der Waals surface area contributed by atoms with E-state index in [1.807, 2.05) is 0 Å². The molecule has 1 N–H and O–H groups in total. The second-order valence-electron chi connectivity index (χ2n) is 10.9. The molecule has 2 amide bonds. The lowest BCUT2D eigenvalue weighted by atomic mass is 10.0. The lowest BCUT2D eigenvalue weighted by Crippen LogP contribution is -2.45. The highest BCUT2D eigenvalue weighted by molar-refractivity contribution is 5.79. The number of nitrogens with zero attached hydrogens (tertiary/aromatic N) is 4. The van der Waals surface area contributed by atoms with Gasteiger partial charge < -0.3 is 24.3 Å². The van der Waals surface area contributed by atoms with Gasteiger partial charge in [-0.05, 0) is 44.9 Å². The Morgan fingerprint density at radius 1 is 1.07 bits per heavy atom. The molecule has 1 atom stereocenters. The van der Waals surface area contributed by atoms with E-state index in [4.69, 9.17) is 9.47 Å². The van der Waals surface area contributed by atoms with Crippen molar-refractivity contribution in [1.29, 1.82) is 0 Å². The molecule has 1 aromatic carbocycles. The number of carbonyl (C=O) groups excluding carboxylic acids is 2. The van der Waals surface area contributed by atoms with E-state index in [-0.39, 0.29) is 47.9 Å². The quantitative estimate of drug-likeness (QED) is 0.289. The van der Waals surface area contributed by atoms with Crippen LogP contribution in [0.15, 0.2) is 30.6 Å². The van der Waals surface area contributed by atoms with Crippen molar-refractivity contribution >= 4 is 12.0 Å². The Kier molecular flexibility index (Phi) is 8.92. The molecule has 1 unspecified atom stereocenters. The van der Waals surface area contributed by atoms with Gasteiger partial charge in [0.2, 0.25) is 11.7 Å². The molecule has 1 aliphatic rings. The molecular formula is C28H29F6N5O4. The Labute approximate surface area is 242 Å². The molecule has 0 fully saturated rings. The van der Waals surface area contributed by atoms with E-state index in [2.05, 4.69) is 15.3 Å². The number of ether oxygens (including phenoxy) is 2. The third kappa shape index (κ3) is 7.38. The van der Waals surface area contributed by atoms with Gasteiger partial charge in [0, 0.05) is 44.0 Å². The first-order valence-electron chi connectivity index (χ1n) is 13.1. The van der Waals surface area contributed by atoms with E-state index in [1.54, 1.807) is 20.8 Å². The van der Waals surface area contributed by atoms with Crippen molar-refractivity contribution in [3.8, 4) is 17.0 Å². The number of amides is 2. The molecule has 232 valence electrons. The highest BCUT2D eigenvalue weighted by Gasteiger charge is 2.41. The molecule has 4 rings (SSSR count). The molecule has 0 radical (unpaired) electrons. The summed E-state index contributed by atoms with van der Waals surface area (Å²) in [5, 5.41) is 2.47. The molecule has 3 aromatic rings. The highest BCUT2D eigenvalue weighted by atomic mass is 19.4. The van der Waals surface area contributed by atoms with Gasteiger partial charge >= 0.3 is 12.3 Å². The van der Waals surface area contributed by atoms with Gasteiger partial charge in [-0.15, -0.1) is 0 Å². The predicted octanol–water partition coefficient (Wildman–Crippen LogP) is 5.26. The summed E-state index contributed by atoms with van der Waals surface area (Å²) in [6, 6.07) is 1.31. The van der Waals surface area contributed by atoms with Crippen molar-refractivity contribution < 1.29 is 45.4 Å². The number of alkyl halides is 3. The largest absolute Gasteiger partial charge is 0.496 e. The van der Waals surface area contributed by atoms with Crippen LogP contribution in [0.5, 0.6) is 5.75 Å². The number of aromatic nitrogens is 3. The molecule has 43 heavy (non-hydrogen) atoms. The molecule has 9 nitrogen and oxygen atoms in total. The lowest BCUT2D eigenvalue weighted by molar-refractivity contribution is -0.148. The zero-order valence-electron chi connectivity index (χ0n) is 23.7. The average molecular weight is 614 g/mol. The number of alkyl carbamates (subject to hydrolysis) is 1. The number of fused-ring (bicyclic) bond motifs is 1. The van der Waals surface area contributed by atoms with Crippen LogP contribution in [0.4, 0.5) is 31.1 Å². The SMILES string of the molecule is COc1ccncc1-c1nc(C(F)(F)F)n2c1CN(C(=O)CC(Cc1cc(F)c(F)cc1F)NC(=O)OC(C)(C)C)CC2. The Morgan fingerprint density at radius 2 is 1.77 bits per heavy atom. The van der Waals surface area contributed by atoms with Crippen molar-refractivity contribution in [2.75, 3.05) is 13.7 Å². The Bertz CT molecular complexity index is 1520. The number of pyridine rings is 1. The highest BCUT2D eigenvalue weighted by Crippen LogP contribution is 2.38. The smallest absolute Gasteiger partial charge is 0.449 e. The zero-order chi connectivity index (χ0) is 31.7. The number of rotatable bonds is 7. The first kappa shape index (κ1) is 31.6. The molecule has 2 aromatic heterocycles. The van der Waals surface area contributed by atoms with Gasteiger partial charge in [-0.25, -0.2) is 22.9 Å². The van der Waals surface area contributed by atoms with Crippen molar-refractivity contribution in [3.63, 3.8) is 0 Å². The van der Waals surface area contributed by atoms with Crippen LogP contribution in [0.25, 0.3) is 11.3 Å². The fourth-order valence-electron chi connectivity index (χ4n) is 4.72. The zero-order valence-corrected chi connectivity index (χ0v) is 23.7. The van der Waals surface area contributed by atoms with E-state index < -0.39 is 65.9 Å². The maximum absolute atomic E-state index is 14.5. The molecule has 0 saturated heterocycles. The standard InChI is InChI=1S/C28H29F6N5O4/c1-27(2,3)43-26(41)36-16(9-15-10-19(30)20(31)12-18(15)29)11-23(40)38-7-8-39-21(14-38)24(37-25(39)28(32,33)34)17-13-35-6-5-22(17)42-4/h5-6,10,12-13,16H,7-9,11,14H2,1-4H3,(H,36,41). The fraction of sp³-hybridized carbons (Fsp3) is 0.429. The van der Waals surface area contributed by atoms with Crippen molar-refractivity contribution in [1.82, 2.24) is 24.8 Å². The van der Waals surface area contributed by atoms with E-state index in [0.717, 1.165) is 4.57 Å². The maximum atomic E-state index is 14.5. The van der Waals surface area contributed by atoms with Crippen molar-refractivity contribution in [3.05, 3.63) is 65.1 Å². The second kappa shape index (κ2) is 12.1. The molecule has 0 aliphatic carbocycles. The molecule has 0 saturated carbocycles. The molecule has 0 bridgehead atoms. The summed E-state index contributed by atoms with van der Waals surface area (Å²) in [4.78, 5) is 35.1. The summed E-state index contributed by atoms with van der Waals surface area (Å²) < 4.78 is 95.0. The number of hydrogen-bond donors (Lipinski definition) is 1. The number of carbonyl (C=O) groups is 2. The average Bonchev–Trinajstić information content (AvgIpc) is 3.30. The summed E-state index contributed by atoms with van der Waals surface area (Å²) in [6.45, 7) is 4.14. The fourth-order valence-corrected chi connectivity index (χ4v) is 4.72. The molecular weight excluding hydrogens is 584 g/mol. The molecule has 15 heteroatoms. The van der Waals surface area contributed by atoms with Crippen LogP contribution in [-0.2, 0) is 35.2 Å². The van der Waals surface area contributed by atoms with Crippen LogP contribution in [0, 0.1) is 17.5 Å². The van der Waals surface area contributed by atoms with Gasteiger partial charge in [0.15, 0.2) is 11.6 Å². The van der Waals surface area contributed by atoms with Gasteiger partial charge in [-0.2, -0.15) is 13.2 Å². The van der Waals surface area contributed by atoms with Gasteiger partial charge in [-0.1, -0.05) is 0 Å². The molecule has 1 aliphatic heterocycles. The molecule has 3 heterocycles. The number of benzene rings is 1. The summed E-state index contributed by atoms with van der Waals surface area (Å²) in [5.74, 6) is -5.33. The second-order valence-corrected chi connectivity index (χ2v) is 10.9. The van der Waals surface area contributed by atoms with Crippen molar-refractivity contribution in [2.45, 2.75) is 64.5 Å². The van der Waals surface area contributed by atoms with Crippen LogP contribution in [0.2, 0.25) is 0 Å².